The second-order valence-corrected chi connectivity index (χ2v) is 13.0. The molecule has 3 aromatic carbocycles. The third-order valence-corrected chi connectivity index (χ3v) is 9.15. The van der Waals surface area contributed by atoms with E-state index in [1.807, 2.05) is 78.9 Å². The summed E-state index contributed by atoms with van der Waals surface area (Å²) < 4.78 is 0. The fraction of sp³-hybridized carbons (Fsp3) is 0.263. The lowest BCUT2D eigenvalue weighted by Crippen LogP contribution is -2.57. The molecule has 54 heavy (non-hydrogen) atoms. The number of fused-ring (bicyclic) bond motifs is 2. The number of amides is 5. The minimum Gasteiger partial charge on any atom is -0.480 e. The zero-order chi connectivity index (χ0) is 38.6. The third kappa shape index (κ3) is 10.5. The van der Waals surface area contributed by atoms with Gasteiger partial charge in [-0.1, -0.05) is 66.7 Å². The van der Waals surface area contributed by atoms with Gasteiger partial charge in [0.05, 0.1) is 19.1 Å². The average Bonchev–Trinajstić information content (AvgIpc) is 3.78. The molecule has 0 spiro atoms. The number of aromatic nitrogens is 2. The first-order valence-corrected chi connectivity index (χ1v) is 17.8. The Morgan fingerprint density at radius 2 is 1.09 bits per heavy atom. The summed E-state index contributed by atoms with van der Waals surface area (Å²) in [5, 5.41) is 23.6. The van der Waals surface area contributed by atoms with Crippen molar-refractivity contribution in [2.45, 2.75) is 43.4 Å². The first-order chi connectivity index (χ1) is 26.0. The highest BCUT2D eigenvalue weighted by Gasteiger charge is 2.29. The number of H-pyrrole nitrogens is 2. The van der Waals surface area contributed by atoms with Gasteiger partial charge in [0, 0.05) is 52.8 Å². The Morgan fingerprint density at radius 1 is 0.611 bits per heavy atom. The number of nitrogens with one attached hydrogen (secondary N) is 7. The molecule has 0 aliphatic heterocycles. The molecule has 0 unspecified atom stereocenters. The van der Waals surface area contributed by atoms with Gasteiger partial charge in [0.2, 0.25) is 29.5 Å². The maximum Gasteiger partial charge on any atom is 0.327 e. The van der Waals surface area contributed by atoms with Crippen LogP contribution in [0.3, 0.4) is 0 Å². The number of rotatable bonds is 18. The van der Waals surface area contributed by atoms with Gasteiger partial charge in [-0.2, -0.15) is 12.6 Å². The summed E-state index contributed by atoms with van der Waals surface area (Å²) in [5.41, 5.74) is 9.97. The predicted octanol–water partition coefficient (Wildman–Crippen LogP) is 0.706. The third-order valence-electron chi connectivity index (χ3n) is 8.78. The van der Waals surface area contributed by atoms with Crippen molar-refractivity contribution in [3.05, 3.63) is 108 Å². The highest BCUT2D eigenvalue weighted by atomic mass is 32.1. The van der Waals surface area contributed by atoms with Crippen LogP contribution in [0.2, 0.25) is 0 Å². The zero-order valence-electron chi connectivity index (χ0n) is 29.1. The number of nitrogens with two attached hydrogens (primary N) is 1. The summed E-state index contributed by atoms with van der Waals surface area (Å²) in [7, 11) is 0. The first kappa shape index (κ1) is 39.1. The van der Waals surface area contributed by atoms with Gasteiger partial charge in [0.1, 0.15) is 18.1 Å². The van der Waals surface area contributed by atoms with Crippen LogP contribution in [0, 0.1) is 0 Å². The van der Waals surface area contributed by atoms with E-state index >= 15 is 0 Å². The average molecular weight is 755 g/mol. The van der Waals surface area contributed by atoms with Crippen LogP contribution in [-0.2, 0) is 48.0 Å². The summed E-state index contributed by atoms with van der Waals surface area (Å²) in [4.78, 5) is 83.9. The number of aliphatic carboxylic acids is 1. The Bertz CT molecular complexity index is 2120. The highest BCUT2D eigenvalue weighted by molar-refractivity contribution is 7.80. The number of carboxylic acids is 1. The molecule has 5 aromatic rings. The number of hydrogen-bond acceptors (Lipinski definition) is 8. The Labute approximate surface area is 315 Å². The predicted molar refractivity (Wildman–Crippen MR) is 205 cm³/mol. The van der Waals surface area contributed by atoms with Crippen LogP contribution < -0.4 is 32.3 Å². The number of aromatic amines is 2. The van der Waals surface area contributed by atoms with E-state index in [-0.39, 0.29) is 25.0 Å². The Hall–Kier alpha value is -6.13. The van der Waals surface area contributed by atoms with Crippen molar-refractivity contribution < 1.29 is 33.9 Å². The molecule has 5 amide bonds. The first-order valence-electron chi connectivity index (χ1n) is 17.2. The minimum absolute atomic E-state index is 0.000703. The summed E-state index contributed by atoms with van der Waals surface area (Å²) in [6, 6.07) is 19.4. The summed E-state index contributed by atoms with van der Waals surface area (Å²) in [6.07, 6.45) is 3.72. The standard InChI is InChI=1S/C38H42N8O7S/c39-27(14-22-8-2-1-3-9-22)35(49)42-19-33(47)44-31(16-24-18-41-29-13-7-5-11-26(24)29)37(51)46-30(15-23-17-40-28-12-6-4-10-25(23)28)36(50)43-20-34(48)45-32(21-54)38(52)53/h1-13,17-18,27,30-32,40-41,54H,14-16,19-21,39H2,(H,42,49)(H,43,50)(H,44,47)(H,45,48)(H,46,51)(H,52,53)/t27-,30-,31-,32-/m0/s1. The minimum atomic E-state index is -1.29. The van der Waals surface area contributed by atoms with Gasteiger partial charge in [-0.15, -0.1) is 0 Å². The lowest BCUT2D eigenvalue weighted by atomic mass is 10.0. The molecule has 0 bridgehead atoms. The number of benzene rings is 3. The van der Waals surface area contributed by atoms with Crippen molar-refractivity contribution in [1.29, 1.82) is 0 Å². The van der Waals surface area contributed by atoms with Crippen molar-refractivity contribution in [1.82, 2.24) is 36.6 Å². The molecule has 2 aromatic heterocycles. The summed E-state index contributed by atoms with van der Waals surface area (Å²) >= 11 is 3.94. The lowest BCUT2D eigenvalue weighted by molar-refractivity contribution is -0.141. The fourth-order valence-corrected chi connectivity index (χ4v) is 6.21. The summed E-state index contributed by atoms with van der Waals surface area (Å²) in [5.74, 6) is -4.85. The van der Waals surface area contributed by atoms with Crippen LogP contribution in [0.15, 0.2) is 91.3 Å². The molecule has 0 aliphatic rings. The van der Waals surface area contributed by atoms with Gasteiger partial charge in [0.15, 0.2) is 0 Å². The molecule has 0 radical (unpaired) electrons. The van der Waals surface area contributed by atoms with E-state index in [9.17, 15) is 33.9 Å². The number of para-hydroxylation sites is 2. The van der Waals surface area contributed by atoms with Crippen LogP contribution in [0.4, 0.5) is 0 Å². The zero-order valence-corrected chi connectivity index (χ0v) is 30.0. The van der Waals surface area contributed by atoms with E-state index in [4.69, 9.17) is 5.73 Å². The number of hydrogen-bond donors (Lipinski definition) is 10. The van der Waals surface area contributed by atoms with Gasteiger partial charge >= 0.3 is 5.97 Å². The molecular weight excluding hydrogens is 713 g/mol. The van der Waals surface area contributed by atoms with Gasteiger partial charge in [-0.3, -0.25) is 24.0 Å². The van der Waals surface area contributed by atoms with Gasteiger partial charge in [-0.25, -0.2) is 4.79 Å². The van der Waals surface area contributed by atoms with Crippen molar-refractivity contribution in [2.24, 2.45) is 5.73 Å². The topological polar surface area (TPSA) is 240 Å². The maximum absolute atomic E-state index is 14.1. The van der Waals surface area contributed by atoms with Crippen LogP contribution >= 0.6 is 12.6 Å². The fourth-order valence-electron chi connectivity index (χ4n) is 5.96. The second kappa shape index (κ2) is 18.6. The monoisotopic (exact) mass is 754 g/mol. The van der Waals surface area contributed by atoms with Gasteiger partial charge in [-0.05, 0) is 35.2 Å². The van der Waals surface area contributed by atoms with Crippen LogP contribution in [0.25, 0.3) is 21.8 Å². The number of thiol groups is 1. The Balaban J connectivity index is 1.33. The largest absolute Gasteiger partial charge is 0.480 e. The van der Waals surface area contributed by atoms with Crippen molar-refractivity contribution in [3.8, 4) is 0 Å². The van der Waals surface area contributed by atoms with E-state index < -0.39 is 72.8 Å². The van der Waals surface area contributed by atoms with Gasteiger partial charge < -0.3 is 47.4 Å². The van der Waals surface area contributed by atoms with E-state index in [2.05, 4.69) is 49.2 Å². The smallest absolute Gasteiger partial charge is 0.327 e. The molecule has 0 fully saturated rings. The molecular formula is C38H42N8O7S. The molecule has 5 rings (SSSR count). The molecule has 0 saturated heterocycles. The lowest BCUT2D eigenvalue weighted by Gasteiger charge is -2.23. The molecule has 282 valence electrons. The van der Waals surface area contributed by atoms with Crippen molar-refractivity contribution in [3.63, 3.8) is 0 Å². The molecule has 4 atom stereocenters. The van der Waals surface area contributed by atoms with Gasteiger partial charge in [0.25, 0.3) is 0 Å². The maximum atomic E-state index is 14.1. The Morgan fingerprint density at radius 3 is 1.63 bits per heavy atom. The molecule has 2 heterocycles. The number of carbonyl (C=O) groups excluding carboxylic acids is 5. The quantitative estimate of drug-likeness (QED) is 0.0570. The second-order valence-electron chi connectivity index (χ2n) is 12.7. The normalized spacial score (nSPS) is 13.3. The number of carbonyl (C=O) groups is 6. The molecule has 0 saturated carbocycles. The number of carboxylic acid groups (broad SMARTS) is 1. The van der Waals surface area contributed by atoms with Crippen molar-refractivity contribution >= 4 is 69.9 Å². The van der Waals surface area contributed by atoms with E-state index in [1.54, 1.807) is 12.4 Å². The Kier molecular flexibility index (Phi) is 13.4. The molecule has 10 N–H and O–H groups in total. The van der Waals surface area contributed by atoms with Crippen LogP contribution in [0.1, 0.15) is 16.7 Å². The molecule has 0 aliphatic carbocycles. The molecule has 15 nitrogen and oxygen atoms in total. The van der Waals surface area contributed by atoms with E-state index in [0.29, 0.717) is 11.1 Å². The van der Waals surface area contributed by atoms with E-state index in [1.165, 1.54) is 0 Å². The summed E-state index contributed by atoms with van der Waals surface area (Å²) in [6.45, 7) is -1.03. The molecule has 16 heteroatoms. The van der Waals surface area contributed by atoms with Crippen LogP contribution in [0.5, 0.6) is 0 Å². The highest BCUT2D eigenvalue weighted by Crippen LogP contribution is 2.21. The SMILES string of the molecule is N[C@@H](Cc1ccccc1)C(=O)NCC(=O)N[C@@H](Cc1c[nH]c2ccccc12)C(=O)N[C@@H](Cc1c[nH]c2ccccc12)C(=O)NCC(=O)N[C@@H](CS)C(=O)O. The van der Waals surface area contributed by atoms with E-state index in [0.717, 1.165) is 27.4 Å². The van der Waals surface area contributed by atoms with Crippen LogP contribution in [-0.4, -0.2) is 93.6 Å². The van der Waals surface area contributed by atoms with Crippen molar-refractivity contribution in [2.75, 3.05) is 18.8 Å².